The van der Waals surface area contributed by atoms with E-state index in [2.05, 4.69) is 10.5 Å². The molecular formula is C11H10F3N5O. The smallest absolute Gasteiger partial charge is 0.418 e. The van der Waals surface area contributed by atoms with Crippen LogP contribution in [0, 0.1) is 16.7 Å². The van der Waals surface area contributed by atoms with Gasteiger partial charge in [0.1, 0.15) is 11.8 Å². The van der Waals surface area contributed by atoms with Crippen molar-refractivity contribution in [3.05, 3.63) is 23.8 Å². The lowest BCUT2D eigenvalue weighted by Crippen LogP contribution is -2.22. The van der Waals surface area contributed by atoms with E-state index in [1.54, 1.807) is 0 Å². The fraction of sp³-hybridized carbons (Fsp3) is 0.182. The number of hydrogen-bond donors (Lipinski definition) is 3. The molecule has 0 unspecified atom stereocenters. The van der Waals surface area contributed by atoms with Gasteiger partial charge in [-0.1, -0.05) is 0 Å². The number of ether oxygens (including phenoxy) is 1. The lowest BCUT2D eigenvalue weighted by molar-refractivity contribution is -0.137. The molecule has 0 atom stereocenters. The van der Waals surface area contributed by atoms with Crippen LogP contribution < -0.4 is 15.9 Å². The van der Waals surface area contributed by atoms with Crippen LogP contribution in [0.15, 0.2) is 23.3 Å². The Morgan fingerprint density at radius 3 is 2.60 bits per heavy atom. The predicted molar refractivity (Wildman–Crippen MR) is 66.6 cm³/mol. The second-order valence-electron chi connectivity index (χ2n) is 3.51. The van der Waals surface area contributed by atoms with Crippen LogP contribution in [-0.4, -0.2) is 18.7 Å². The Morgan fingerprint density at radius 1 is 1.50 bits per heavy atom. The third-order valence-electron chi connectivity index (χ3n) is 2.18. The molecule has 106 valence electrons. The lowest BCUT2D eigenvalue weighted by atomic mass is 10.1. The van der Waals surface area contributed by atoms with Gasteiger partial charge in [0.05, 0.1) is 18.4 Å². The van der Waals surface area contributed by atoms with Crippen molar-refractivity contribution in [2.24, 2.45) is 10.8 Å². The molecule has 0 bridgehead atoms. The van der Waals surface area contributed by atoms with Gasteiger partial charge in [-0.2, -0.15) is 23.5 Å². The fourth-order valence-electron chi connectivity index (χ4n) is 1.24. The van der Waals surface area contributed by atoms with Crippen molar-refractivity contribution in [3.63, 3.8) is 0 Å². The van der Waals surface area contributed by atoms with E-state index in [4.69, 9.17) is 21.1 Å². The van der Waals surface area contributed by atoms with Crippen molar-refractivity contribution in [1.29, 1.82) is 10.7 Å². The summed E-state index contributed by atoms with van der Waals surface area (Å²) in [6.45, 7) is 0. The topological polar surface area (TPSA) is 107 Å². The van der Waals surface area contributed by atoms with E-state index in [0.717, 1.165) is 12.1 Å². The van der Waals surface area contributed by atoms with Crippen molar-refractivity contribution in [1.82, 2.24) is 0 Å². The number of hydrazone groups is 1. The highest BCUT2D eigenvalue weighted by Gasteiger charge is 2.34. The highest BCUT2D eigenvalue weighted by Crippen LogP contribution is 2.37. The highest BCUT2D eigenvalue weighted by atomic mass is 19.4. The minimum atomic E-state index is -4.63. The summed E-state index contributed by atoms with van der Waals surface area (Å²) in [6, 6.07) is 4.67. The molecule has 1 aromatic carbocycles. The molecule has 0 heterocycles. The maximum Gasteiger partial charge on any atom is 0.418 e. The van der Waals surface area contributed by atoms with Gasteiger partial charge >= 0.3 is 6.18 Å². The summed E-state index contributed by atoms with van der Waals surface area (Å²) >= 11 is 0. The van der Waals surface area contributed by atoms with E-state index < -0.39 is 23.3 Å². The summed E-state index contributed by atoms with van der Waals surface area (Å²) < 4.78 is 43.3. The number of benzene rings is 1. The average Bonchev–Trinajstić information content (AvgIpc) is 2.38. The van der Waals surface area contributed by atoms with Gasteiger partial charge in [-0.3, -0.25) is 10.8 Å². The molecule has 0 saturated heterocycles. The molecule has 0 aromatic heterocycles. The number of anilines is 1. The largest absolute Gasteiger partial charge is 0.497 e. The van der Waals surface area contributed by atoms with Crippen LogP contribution in [0.25, 0.3) is 0 Å². The molecule has 9 heteroatoms. The number of nitriles is 1. The summed E-state index contributed by atoms with van der Waals surface area (Å²) in [5, 5.41) is 19.0. The van der Waals surface area contributed by atoms with Crippen molar-refractivity contribution in [2.75, 3.05) is 12.5 Å². The Balaban J connectivity index is 3.19. The molecule has 0 amide bonds. The van der Waals surface area contributed by atoms with Crippen LogP contribution in [0.5, 0.6) is 5.75 Å². The molecule has 0 aliphatic heterocycles. The van der Waals surface area contributed by atoms with Gasteiger partial charge < -0.3 is 10.5 Å². The molecule has 1 rings (SSSR count). The molecular weight excluding hydrogens is 275 g/mol. The molecule has 0 aliphatic rings. The molecule has 0 aliphatic carbocycles. The Kier molecular flexibility index (Phi) is 4.53. The van der Waals surface area contributed by atoms with Crippen LogP contribution in [0.4, 0.5) is 18.9 Å². The zero-order chi connectivity index (χ0) is 15.3. The van der Waals surface area contributed by atoms with Crippen molar-refractivity contribution in [2.45, 2.75) is 6.18 Å². The van der Waals surface area contributed by atoms with Crippen molar-refractivity contribution in [3.8, 4) is 11.8 Å². The van der Waals surface area contributed by atoms with Crippen LogP contribution in [0.1, 0.15) is 5.56 Å². The first kappa shape index (κ1) is 15.3. The maximum absolute atomic E-state index is 12.9. The molecule has 6 nitrogen and oxygen atoms in total. The molecule has 0 fully saturated rings. The molecule has 0 spiro atoms. The first-order valence-corrected chi connectivity index (χ1v) is 5.13. The number of nitrogens with two attached hydrogens (primary N) is 1. The second-order valence-corrected chi connectivity index (χ2v) is 3.51. The van der Waals surface area contributed by atoms with Gasteiger partial charge in [0.25, 0.3) is 0 Å². The van der Waals surface area contributed by atoms with E-state index in [0.29, 0.717) is 0 Å². The maximum atomic E-state index is 12.9. The van der Waals surface area contributed by atoms with Gasteiger partial charge in [-0.25, -0.2) is 0 Å². The second kappa shape index (κ2) is 5.92. The van der Waals surface area contributed by atoms with Crippen LogP contribution in [-0.2, 0) is 6.18 Å². The van der Waals surface area contributed by atoms with Gasteiger partial charge in [0, 0.05) is 0 Å². The van der Waals surface area contributed by atoms with E-state index in [-0.39, 0.29) is 11.4 Å². The number of alkyl halides is 3. The molecule has 4 N–H and O–H groups in total. The van der Waals surface area contributed by atoms with Crippen LogP contribution >= 0.6 is 0 Å². The van der Waals surface area contributed by atoms with Crippen LogP contribution in [0.2, 0.25) is 0 Å². The predicted octanol–water partition coefficient (Wildman–Crippen LogP) is 1.94. The molecule has 20 heavy (non-hydrogen) atoms. The number of amidine groups is 1. The standard InChI is InChI=1S/C11H10F3N5O/c1-20-6-2-3-8(7(4-6)11(12,13)14)18-19-9(5-15)10(16)17/h2-4,18H,1H3,(H3,16,17)/b19-9+. The van der Waals surface area contributed by atoms with Gasteiger partial charge in [0.15, 0.2) is 5.84 Å². The minimum absolute atomic E-state index is 0.0268. The SMILES string of the molecule is COc1ccc(N/N=C(\C#N)C(=N)N)c(C(F)(F)F)c1. The molecule has 0 radical (unpaired) electrons. The summed E-state index contributed by atoms with van der Waals surface area (Å²) in [5.41, 5.74) is 5.19. The number of rotatable bonds is 4. The first-order chi connectivity index (χ1) is 9.29. The van der Waals surface area contributed by atoms with E-state index in [1.807, 2.05) is 0 Å². The van der Waals surface area contributed by atoms with Gasteiger partial charge in [-0.15, -0.1) is 0 Å². The summed E-state index contributed by atoms with van der Waals surface area (Å²) in [6.07, 6.45) is -4.63. The minimum Gasteiger partial charge on any atom is -0.497 e. The zero-order valence-electron chi connectivity index (χ0n) is 10.2. The number of nitrogens with one attached hydrogen (secondary N) is 2. The van der Waals surface area contributed by atoms with Crippen molar-refractivity contribution >= 4 is 17.2 Å². The Labute approximate surface area is 112 Å². The zero-order valence-corrected chi connectivity index (χ0v) is 10.2. The number of hydrogen-bond acceptors (Lipinski definition) is 5. The van der Waals surface area contributed by atoms with E-state index >= 15 is 0 Å². The fourth-order valence-corrected chi connectivity index (χ4v) is 1.24. The number of nitrogens with zero attached hydrogens (tertiary/aromatic N) is 2. The summed E-state index contributed by atoms with van der Waals surface area (Å²) in [4.78, 5) is 0. The quantitative estimate of drug-likeness (QED) is 0.446. The first-order valence-electron chi connectivity index (χ1n) is 5.13. The number of methoxy groups -OCH3 is 1. The Hall–Kier alpha value is -2.76. The highest BCUT2D eigenvalue weighted by molar-refractivity contribution is 6.45. The lowest BCUT2D eigenvalue weighted by Gasteiger charge is -2.13. The van der Waals surface area contributed by atoms with Gasteiger partial charge in [0.2, 0.25) is 5.71 Å². The summed E-state index contributed by atoms with van der Waals surface area (Å²) in [5.74, 6) is -0.624. The van der Waals surface area contributed by atoms with E-state index in [1.165, 1.54) is 19.2 Å². The third-order valence-corrected chi connectivity index (χ3v) is 2.18. The van der Waals surface area contributed by atoms with Crippen molar-refractivity contribution < 1.29 is 17.9 Å². The number of halogens is 3. The molecule has 1 aromatic rings. The van der Waals surface area contributed by atoms with Crippen LogP contribution in [0.3, 0.4) is 0 Å². The van der Waals surface area contributed by atoms with Gasteiger partial charge in [-0.05, 0) is 18.2 Å². The summed E-state index contributed by atoms with van der Waals surface area (Å²) in [7, 11) is 1.24. The monoisotopic (exact) mass is 285 g/mol. The third kappa shape index (κ3) is 3.61. The Bertz CT molecular complexity index is 589. The average molecular weight is 285 g/mol. The van der Waals surface area contributed by atoms with E-state index in [9.17, 15) is 13.2 Å². The molecule has 0 saturated carbocycles. The normalized spacial score (nSPS) is 11.7. The Morgan fingerprint density at radius 2 is 2.15 bits per heavy atom.